The first-order valence-corrected chi connectivity index (χ1v) is 5.41. The van der Waals surface area contributed by atoms with Gasteiger partial charge in [0.25, 0.3) is 5.91 Å². The third kappa shape index (κ3) is 1.76. The molecule has 4 nitrogen and oxygen atoms in total. The maximum atomic E-state index is 11.7. The lowest BCUT2D eigenvalue weighted by atomic mass is 9.87. The molecule has 2 aliphatic rings. The number of nitrogens with zero attached hydrogens (tertiary/aromatic N) is 1. The highest BCUT2D eigenvalue weighted by atomic mass is 16.2. The summed E-state index contributed by atoms with van der Waals surface area (Å²) >= 11 is 0. The van der Waals surface area contributed by atoms with Gasteiger partial charge in [-0.3, -0.25) is 9.79 Å². The van der Waals surface area contributed by atoms with Crippen LogP contribution in [0.1, 0.15) is 39.0 Å². The predicted molar refractivity (Wildman–Crippen MR) is 57.8 cm³/mol. The number of aliphatic hydroxyl groups excluding tert-OH is 1. The molecule has 1 amide bonds. The zero-order valence-corrected chi connectivity index (χ0v) is 8.92. The van der Waals surface area contributed by atoms with Crippen LogP contribution < -0.4 is 5.32 Å². The lowest BCUT2D eigenvalue weighted by Gasteiger charge is -2.38. The van der Waals surface area contributed by atoms with E-state index in [1.54, 1.807) is 6.92 Å². The highest BCUT2D eigenvalue weighted by Gasteiger charge is 2.37. The first-order valence-electron chi connectivity index (χ1n) is 5.41. The van der Waals surface area contributed by atoms with Gasteiger partial charge in [-0.25, -0.2) is 0 Å². The Hall–Kier alpha value is -1.32. The molecular weight excluding hydrogens is 192 g/mol. The molecule has 82 valence electrons. The van der Waals surface area contributed by atoms with E-state index < -0.39 is 0 Å². The zero-order chi connectivity index (χ0) is 10.9. The highest BCUT2D eigenvalue weighted by molar-refractivity contribution is 6.22. The molecule has 0 atom stereocenters. The number of nitrogens with one attached hydrogen (secondary N) is 1. The Bertz CT molecular complexity index is 338. The largest absolute Gasteiger partial charge is 0.515 e. The molecule has 1 aliphatic heterocycles. The Labute approximate surface area is 89.1 Å². The average Bonchev–Trinajstić information content (AvgIpc) is 2.18. The fraction of sp³-hybridized carbons (Fsp3) is 0.636. The van der Waals surface area contributed by atoms with Gasteiger partial charge in [0.2, 0.25) is 0 Å². The molecule has 1 saturated carbocycles. The van der Waals surface area contributed by atoms with Gasteiger partial charge >= 0.3 is 0 Å². The maximum absolute atomic E-state index is 11.7. The Kier molecular flexibility index (Phi) is 2.50. The summed E-state index contributed by atoms with van der Waals surface area (Å²) in [5.74, 6) is -0.202. The van der Waals surface area contributed by atoms with E-state index in [1.165, 1.54) is 6.42 Å². The second-order valence-corrected chi connectivity index (χ2v) is 4.29. The van der Waals surface area contributed by atoms with Crippen LogP contribution in [-0.2, 0) is 4.79 Å². The second-order valence-electron chi connectivity index (χ2n) is 4.29. The zero-order valence-electron chi connectivity index (χ0n) is 8.92. The van der Waals surface area contributed by atoms with Crippen molar-refractivity contribution in [1.82, 2.24) is 5.32 Å². The van der Waals surface area contributed by atoms with Crippen LogP contribution in [0.15, 0.2) is 16.8 Å². The van der Waals surface area contributed by atoms with E-state index in [2.05, 4.69) is 10.3 Å². The summed E-state index contributed by atoms with van der Waals surface area (Å²) < 4.78 is 0. The molecule has 0 bridgehead atoms. The van der Waals surface area contributed by atoms with Gasteiger partial charge < -0.3 is 10.4 Å². The van der Waals surface area contributed by atoms with E-state index in [9.17, 15) is 4.79 Å². The van der Waals surface area contributed by atoms with Crippen LogP contribution in [0.25, 0.3) is 0 Å². The smallest absolute Gasteiger partial charge is 0.258 e. The normalized spacial score (nSPS) is 27.7. The minimum Gasteiger partial charge on any atom is -0.515 e. The molecule has 0 unspecified atom stereocenters. The first-order chi connectivity index (χ1) is 7.17. The minimum absolute atomic E-state index is 0.202. The molecule has 0 aromatic carbocycles. The number of hydrogen-bond donors (Lipinski definition) is 2. The summed E-state index contributed by atoms with van der Waals surface area (Å²) in [4.78, 5) is 16.2. The van der Waals surface area contributed by atoms with Crippen LogP contribution in [0, 0.1) is 0 Å². The number of hydrogen-bond acceptors (Lipinski definition) is 3. The van der Waals surface area contributed by atoms with E-state index in [0.29, 0.717) is 5.71 Å². The SMILES string of the molecule is CC1=NC2(CCCCC2)NC(=O)/C1=C\O. The van der Waals surface area contributed by atoms with Gasteiger partial charge in [-0.05, 0) is 32.6 Å². The van der Waals surface area contributed by atoms with E-state index in [1.807, 2.05) is 0 Å². The summed E-state index contributed by atoms with van der Waals surface area (Å²) in [5.41, 5.74) is 0.542. The Balaban J connectivity index is 2.31. The van der Waals surface area contributed by atoms with E-state index in [0.717, 1.165) is 31.9 Å². The van der Waals surface area contributed by atoms with Crippen LogP contribution in [0.4, 0.5) is 0 Å². The molecule has 2 N–H and O–H groups in total. The van der Waals surface area contributed by atoms with Gasteiger partial charge in [-0.1, -0.05) is 6.42 Å². The molecular formula is C11H16N2O2. The number of carbonyl (C=O) groups is 1. The van der Waals surface area contributed by atoms with Crippen molar-refractivity contribution < 1.29 is 9.90 Å². The molecule has 0 aromatic heterocycles. The summed E-state index contributed by atoms with van der Waals surface area (Å²) in [6.45, 7) is 1.77. The first kappa shape index (κ1) is 10.2. The highest BCUT2D eigenvalue weighted by Crippen LogP contribution is 2.32. The number of rotatable bonds is 0. The topological polar surface area (TPSA) is 61.7 Å². The molecule has 0 saturated heterocycles. The minimum atomic E-state index is -0.383. The lowest BCUT2D eigenvalue weighted by molar-refractivity contribution is -0.119. The van der Waals surface area contributed by atoms with Gasteiger partial charge in [0.1, 0.15) is 5.66 Å². The van der Waals surface area contributed by atoms with Crippen LogP contribution in [0.5, 0.6) is 0 Å². The molecule has 1 spiro atoms. The Morgan fingerprint density at radius 2 is 2.07 bits per heavy atom. The van der Waals surface area contributed by atoms with Crippen molar-refractivity contribution in [3.63, 3.8) is 0 Å². The van der Waals surface area contributed by atoms with Gasteiger partial charge in [0.05, 0.1) is 17.5 Å². The fourth-order valence-electron chi connectivity index (χ4n) is 2.38. The standard InChI is InChI=1S/C11H16N2O2/c1-8-9(7-14)10(15)13-11(12-8)5-3-2-4-6-11/h7,14H,2-6H2,1H3,(H,13,15)/b9-7-. The van der Waals surface area contributed by atoms with Crippen molar-refractivity contribution in [2.75, 3.05) is 0 Å². The molecule has 1 fully saturated rings. The van der Waals surface area contributed by atoms with E-state index in [-0.39, 0.29) is 17.1 Å². The van der Waals surface area contributed by atoms with Crippen molar-refractivity contribution >= 4 is 11.6 Å². The molecule has 4 heteroatoms. The fourth-order valence-corrected chi connectivity index (χ4v) is 2.38. The van der Waals surface area contributed by atoms with E-state index in [4.69, 9.17) is 5.11 Å². The molecule has 1 heterocycles. The molecule has 1 aliphatic carbocycles. The van der Waals surface area contributed by atoms with Gasteiger partial charge in [0.15, 0.2) is 0 Å². The number of amides is 1. The van der Waals surface area contributed by atoms with E-state index >= 15 is 0 Å². The third-order valence-electron chi connectivity index (χ3n) is 3.17. The van der Waals surface area contributed by atoms with Crippen LogP contribution in [0.3, 0.4) is 0 Å². The van der Waals surface area contributed by atoms with Crippen LogP contribution in [-0.4, -0.2) is 22.4 Å². The summed E-state index contributed by atoms with van der Waals surface area (Å²) in [6, 6.07) is 0. The summed E-state index contributed by atoms with van der Waals surface area (Å²) in [6.07, 6.45) is 6.09. The number of aliphatic hydroxyl groups is 1. The van der Waals surface area contributed by atoms with Gasteiger partial charge in [0, 0.05) is 0 Å². The summed E-state index contributed by atoms with van der Waals surface area (Å²) in [7, 11) is 0. The van der Waals surface area contributed by atoms with Crippen molar-refractivity contribution in [2.45, 2.75) is 44.7 Å². The van der Waals surface area contributed by atoms with Gasteiger partial charge in [-0.2, -0.15) is 0 Å². The second kappa shape index (κ2) is 3.68. The molecule has 15 heavy (non-hydrogen) atoms. The summed E-state index contributed by atoms with van der Waals surface area (Å²) in [5, 5.41) is 11.8. The lowest BCUT2D eigenvalue weighted by Crippen LogP contribution is -2.53. The average molecular weight is 208 g/mol. The Morgan fingerprint density at radius 3 is 2.60 bits per heavy atom. The van der Waals surface area contributed by atoms with Crippen molar-refractivity contribution in [3.8, 4) is 0 Å². The third-order valence-corrected chi connectivity index (χ3v) is 3.17. The predicted octanol–water partition coefficient (Wildman–Crippen LogP) is 1.68. The molecule has 0 aromatic rings. The Morgan fingerprint density at radius 1 is 1.40 bits per heavy atom. The van der Waals surface area contributed by atoms with Crippen LogP contribution >= 0.6 is 0 Å². The molecule has 2 rings (SSSR count). The van der Waals surface area contributed by atoms with Crippen molar-refractivity contribution in [3.05, 3.63) is 11.8 Å². The van der Waals surface area contributed by atoms with Crippen LogP contribution in [0.2, 0.25) is 0 Å². The quantitative estimate of drug-likeness (QED) is 0.470. The van der Waals surface area contributed by atoms with Gasteiger partial charge in [-0.15, -0.1) is 0 Å². The number of carbonyl (C=O) groups excluding carboxylic acids is 1. The molecule has 0 radical (unpaired) electrons. The maximum Gasteiger partial charge on any atom is 0.258 e. The number of aliphatic imine (C=N–C) groups is 1. The van der Waals surface area contributed by atoms with Crippen molar-refractivity contribution in [1.29, 1.82) is 0 Å². The monoisotopic (exact) mass is 208 g/mol. The van der Waals surface area contributed by atoms with Crippen molar-refractivity contribution in [2.24, 2.45) is 4.99 Å².